The number of aromatic nitrogens is 2. The number of nitrogens with one attached hydrogen (secondary N) is 1. The van der Waals surface area contributed by atoms with Crippen LogP contribution in [0.15, 0.2) is 42.7 Å². The highest BCUT2D eigenvalue weighted by Gasteiger charge is 2.28. The molecule has 0 radical (unpaired) electrons. The molecular formula is C18H21FN4O. The van der Waals surface area contributed by atoms with Crippen molar-refractivity contribution >= 4 is 11.9 Å². The standard InChI is InChI=1S/C18H21FN4O/c1-13(15-5-2-3-6-16(15)19)23-11-7-14(8-12-23)17(24)22-18-20-9-4-10-21-18/h2-6,9-10,13-14H,7-8,11-12H2,1H3,(H,20,21,22,24)/t13-/m0/s1. The van der Waals surface area contributed by atoms with E-state index in [-0.39, 0.29) is 23.7 Å². The van der Waals surface area contributed by atoms with Crippen molar-refractivity contribution in [3.8, 4) is 0 Å². The summed E-state index contributed by atoms with van der Waals surface area (Å²) in [6.07, 6.45) is 4.69. The Bertz CT molecular complexity index is 686. The molecule has 3 rings (SSSR count). The molecule has 0 spiro atoms. The number of amides is 1. The van der Waals surface area contributed by atoms with Crippen LogP contribution < -0.4 is 5.32 Å². The molecule has 126 valence electrons. The van der Waals surface area contributed by atoms with Crippen LogP contribution in [-0.2, 0) is 4.79 Å². The summed E-state index contributed by atoms with van der Waals surface area (Å²) >= 11 is 0. The summed E-state index contributed by atoms with van der Waals surface area (Å²) in [5.41, 5.74) is 0.707. The second-order valence-electron chi connectivity index (χ2n) is 6.07. The van der Waals surface area contributed by atoms with Crippen molar-refractivity contribution < 1.29 is 9.18 Å². The predicted molar refractivity (Wildman–Crippen MR) is 89.8 cm³/mol. The predicted octanol–water partition coefficient (Wildman–Crippen LogP) is 3.03. The van der Waals surface area contributed by atoms with Gasteiger partial charge in [0.25, 0.3) is 0 Å². The number of benzene rings is 1. The minimum absolute atomic E-state index is 0.00710. The molecule has 1 aromatic heterocycles. The van der Waals surface area contributed by atoms with Crippen LogP contribution in [0.5, 0.6) is 0 Å². The third kappa shape index (κ3) is 3.76. The monoisotopic (exact) mass is 328 g/mol. The first-order valence-electron chi connectivity index (χ1n) is 8.21. The highest BCUT2D eigenvalue weighted by atomic mass is 19.1. The zero-order valence-corrected chi connectivity index (χ0v) is 13.7. The van der Waals surface area contributed by atoms with Gasteiger partial charge in [0.2, 0.25) is 11.9 Å². The number of rotatable bonds is 4. The zero-order valence-electron chi connectivity index (χ0n) is 13.7. The van der Waals surface area contributed by atoms with Crippen molar-refractivity contribution in [3.05, 3.63) is 54.1 Å². The molecule has 1 N–H and O–H groups in total. The van der Waals surface area contributed by atoms with E-state index in [1.165, 1.54) is 6.07 Å². The number of carbonyl (C=O) groups excluding carboxylic acids is 1. The Morgan fingerprint density at radius 3 is 2.54 bits per heavy atom. The Morgan fingerprint density at radius 2 is 1.88 bits per heavy atom. The fourth-order valence-electron chi connectivity index (χ4n) is 3.14. The minimum Gasteiger partial charge on any atom is -0.296 e. The second-order valence-corrected chi connectivity index (χ2v) is 6.07. The molecule has 2 aromatic rings. The summed E-state index contributed by atoms with van der Waals surface area (Å²) < 4.78 is 13.9. The second kappa shape index (κ2) is 7.49. The van der Waals surface area contributed by atoms with E-state index in [4.69, 9.17) is 0 Å². The summed E-state index contributed by atoms with van der Waals surface area (Å²) in [4.78, 5) is 22.5. The van der Waals surface area contributed by atoms with Crippen LogP contribution in [0.2, 0.25) is 0 Å². The summed E-state index contributed by atoms with van der Waals surface area (Å²) in [5, 5.41) is 2.76. The third-order valence-electron chi connectivity index (χ3n) is 4.60. The van der Waals surface area contributed by atoms with Gasteiger partial charge in [0.15, 0.2) is 0 Å². The van der Waals surface area contributed by atoms with Crippen LogP contribution in [0.25, 0.3) is 0 Å². The molecule has 5 nitrogen and oxygen atoms in total. The van der Waals surface area contributed by atoms with Gasteiger partial charge in [0.1, 0.15) is 5.82 Å². The molecule has 1 saturated heterocycles. The Hall–Kier alpha value is -2.34. The lowest BCUT2D eigenvalue weighted by Gasteiger charge is -2.35. The van der Waals surface area contributed by atoms with E-state index in [0.717, 1.165) is 25.9 Å². The first-order valence-corrected chi connectivity index (χ1v) is 8.21. The molecule has 1 atom stereocenters. The molecule has 1 aliphatic rings. The largest absolute Gasteiger partial charge is 0.296 e. The van der Waals surface area contributed by atoms with Gasteiger partial charge in [-0.05, 0) is 45.0 Å². The SMILES string of the molecule is C[C@@H](c1ccccc1F)N1CCC(C(=O)Nc2ncccn2)CC1. The van der Waals surface area contributed by atoms with Crippen molar-refractivity contribution in [1.82, 2.24) is 14.9 Å². The number of hydrogen-bond donors (Lipinski definition) is 1. The van der Waals surface area contributed by atoms with Crippen LogP contribution in [0.1, 0.15) is 31.4 Å². The van der Waals surface area contributed by atoms with E-state index in [2.05, 4.69) is 20.2 Å². The Labute approximate surface area is 140 Å². The van der Waals surface area contributed by atoms with E-state index in [1.54, 1.807) is 24.5 Å². The van der Waals surface area contributed by atoms with Crippen molar-refractivity contribution in [1.29, 1.82) is 0 Å². The lowest BCUT2D eigenvalue weighted by Crippen LogP contribution is -2.39. The molecular weight excluding hydrogens is 307 g/mol. The Kier molecular flexibility index (Phi) is 5.15. The molecule has 2 heterocycles. The number of carbonyl (C=O) groups is 1. The average molecular weight is 328 g/mol. The highest BCUT2D eigenvalue weighted by Crippen LogP contribution is 2.28. The summed E-state index contributed by atoms with van der Waals surface area (Å²) in [6, 6.07) is 8.59. The van der Waals surface area contributed by atoms with Crippen LogP contribution >= 0.6 is 0 Å². The van der Waals surface area contributed by atoms with E-state index >= 15 is 0 Å². The van der Waals surface area contributed by atoms with Gasteiger partial charge in [-0.1, -0.05) is 18.2 Å². The molecule has 1 aromatic carbocycles. The lowest BCUT2D eigenvalue weighted by atomic mass is 9.94. The van der Waals surface area contributed by atoms with Gasteiger partial charge in [-0.3, -0.25) is 15.0 Å². The first kappa shape index (κ1) is 16.5. The van der Waals surface area contributed by atoms with Gasteiger partial charge in [-0.2, -0.15) is 0 Å². The fourth-order valence-corrected chi connectivity index (χ4v) is 3.14. The van der Waals surface area contributed by atoms with Crippen molar-refractivity contribution in [2.24, 2.45) is 5.92 Å². The summed E-state index contributed by atoms with van der Waals surface area (Å²) in [5.74, 6) is 0.0630. The van der Waals surface area contributed by atoms with Gasteiger partial charge in [-0.15, -0.1) is 0 Å². The number of piperidine rings is 1. The minimum atomic E-state index is -0.175. The smallest absolute Gasteiger partial charge is 0.229 e. The number of hydrogen-bond acceptors (Lipinski definition) is 4. The molecule has 0 aliphatic carbocycles. The van der Waals surface area contributed by atoms with Gasteiger partial charge < -0.3 is 0 Å². The summed E-state index contributed by atoms with van der Waals surface area (Å²) in [7, 11) is 0. The molecule has 1 amide bonds. The molecule has 0 bridgehead atoms. The molecule has 24 heavy (non-hydrogen) atoms. The third-order valence-corrected chi connectivity index (χ3v) is 4.60. The summed E-state index contributed by atoms with van der Waals surface area (Å²) in [6.45, 7) is 3.54. The van der Waals surface area contributed by atoms with E-state index in [0.29, 0.717) is 11.5 Å². The number of anilines is 1. The first-order chi connectivity index (χ1) is 11.6. The molecule has 0 saturated carbocycles. The van der Waals surface area contributed by atoms with Crippen LogP contribution in [-0.4, -0.2) is 33.9 Å². The maximum Gasteiger partial charge on any atom is 0.229 e. The van der Waals surface area contributed by atoms with E-state index in [1.807, 2.05) is 19.1 Å². The van der Waals surface area contributed by atoms with Crippen LogP contribution in [0.4, 0.5) is 10.3 Å². The van der Waals surface area contributed by atoms with Crippen molar-refractivity contribution in [2.75, 3.05) is 18.4 Å². The maximum atomic E-state index is 13.9. The number of halogens is 1. The average Bonchev–Trinajstić information content (AvgIpc) is 2.62. The number of nitrogens with zero attached hydrogens (tertiary/aromatic N) is 3. The highest BCUT2D eigenvalue weighted by molar-refractivity contribution is 5.90. The molecule has 0 unspecified atom stereocenters. The van der Waals surface area contributed by atoms with E-state index < -0.39 is 0 Å². The van der Waals surface area contributed by atoms with Crippen LogP contribution in [0, 0.1) is 11.7 Å². The molecule has 1 aliphatic heterocycles. The lowest BCUT2D eigenvalue weighted by molar-refractivity contribution is -0.121. The maximum absolute atomic E-state index is 13.9. The Balaban J connectivity index is 1.56. The molecule has 1 fully saturated rings. The van der Waals surface area contributed by atoms with Crippen LogP contribution in [0.3, 0.4) is 0 Å². The van der Waals surface area contributed by atoms with Gasteiger partial charge in [0.05, 0.1) is 0 Å². The normalized spacial score (nSPS) is 17.4. The Morgan fingerprint density at radius 1 is 1.21 bits per heavy atom. The molecule has 6 heteroatoms. The quantitative estimate of drug-likeness (QED) is 0.937. The zero-order chi connectivity index (χ0) is 16.9. The van der Waals surface area contributed by atoms with Crippen molar-refractivity contribution in [3.63, 3.8) is 0 Å². The fraction of sp³-hybridized carbons (Fsp3) is 0.389. The van der Waals surface area contributed by atoms with Gasteiger partial charge in [-0.25, -0.2) is 14.4 Å². The number of likely N-dealkylation sites (tertiary alicyclic amines) is 1. The van der Waals surface area contributed by atoms with Gasteiger partial charge >= 0.3 is 0 Å². The topological polar surface area (TPSA) is 58.1 Å². The van der Waals surface area contributed by atoms with Crippen molar-refractivity contribution in [2.45, 2.75) is 25.8 Å². The van der Waals surface area contributed by atoms with E-state index in [9.17, 15) is 9.18 Å². The van der Waals surface area contributed by atoms with Gasteiger partial charge in [0, 0.05) is 29.9 Å².